The van der Waals surface area contributed by atoms with Crippen LogP contribution < -0.4 is 5.32 Å². The van der Waals surface area contributed by atoms with E-state index in [4.69, 9.17) is 11.6 Å². The van der Waals surface area contributed by atoms with E-state index in [1.165, 1.54) is 10.9 Å². The van der Waals surface area contributed by atoms with E-state index in [-0.39, 0.29) is 24.2 Å². The zero-order valence-corrected chi connectivity index (χ0v) is 12.8. The Hall–Kier alpha value is -2.48. The highest BCUT2D eigenvalue weighted by Gasteiger charge is 2.33. The Kier molecular flexibility index (Phi) is 4.24. The zero-order chi connectivity index (χ0) is 16.4. The van der Waals surface area contributed by atoms with Crippen molar-refractivity contribution < 1.29 is 9.72 Å². The fraction of sp³-hybridized carbons (Fsp3) is 0.357. The number of hydrogen-bond acceptors (Lipinski definition) is 5. The van der Waals surface area contributed by atoms with E-state index in [2.05, 4.69) is 15.4 Å². The number of nitrogens with one attached hydrogen (secondary N) is 1. The first-order chi connectivity index (χ1) is 11.0. The number of halogens is 1. The SMILES string of the molecule is O=C(Cn1cc([N+](=O)[O-])cn1)N[C@H](c1ccc(Cl)nc1)C1CC1. The maximum absolute atomic E-state index is 12.2. The molecule has 0 unspecified atom stereocenters. The first kappa shape index (κ1) is 15.4. The third kappa shape index (κ3) is 3.84. The van der Waals surface area contributed by atoms with Crippen LogP contribution in [0, 0.1) is 16.0 Å². The lowest BCUT2D eigenvalue weighted by Gasteiger charge is -2.18. The Bertz CT molecular complexity index is 726. The van der Waals surface area contributed by atoms with Crippen molar-refractivity contribution in [1.82, 2.24) is 20.1 Å². The number of rotatable bonds is 6. The van der Waals surface area contributed by atoms with Gasteiger partial charge in [-0.1, -0.05) is 17.7 Å². The molecule has 1 N–H and O–H groups in total. The monoisotopic (exact) mass is 335 g/mol. The van der Waals surface area contributed by atoms with Gasteiger partial charge in [0.05, 0.1) is 11.0 Å². The topological polar surface area (TPSA) is 103 Å². The van der Waals surface area contributed by atoms with E-state index >= 15 is 0 Å². The van der Waals surface area contributed by atoms with Gasteiger partial charge in [0.25, 0.3) is 0 Å². The summed E-state index contributed by atoms with van der Waals surface area (Å²) in [5.74, 6) is 0.128. The lowest BCUT2D eigenvalue weighted by atomic mass is 10.0. The predicted octanol–water partition coefficient (Wildman–Crippen LogP) is 2.11. The van der Waals surface area contributed by atoms with Crippen LogP contribution in [0.25, 0.3) is 0 Å². The Balaban J connectivity index is 1.66. The molecule has 0 bridgehead atoms. The average molecular weight is 336 g/mol. The number of carbonyl (C=O) groups excluding carboxylic acids is 1. The molecule has 1 saturated carbocycles. The molecule has 2 aromatic rings. The maximum atomic E-state index is 12.2. The van der Waals surface area contributed by atoms with Gasteiger partial charge in [-0.2, -0.15) is 5.10 Å². The predicted molar refractivity (Wildman–Crippen MR) is 81.7 cm³/mol. The van der Waals surface area contributed by atoms with Crippen molar-refractivity contribution in [2.75, 3.05) is 0 Å². The molecule has 120 valence electrons. The molecule has 0 aromatic carbocycles. The van der Waals surface area contributed by atoms with Gasteiger partial charge in [0.2, 0.25) is 5.91 Å². The van der Waals surface area contributed by atoms with Crippen LogP contribution in [0.5, 0.6) is 0 Å². The second kappa shape index (κ2) is 6.33. The first-order valence-electron chi connectivity index (χ1n) is 7.10. The molecular weight excluding hydrogens is 322 g/mol. The second-order valence-corrected chi connectivity index (χ2v) is 5.84. The Morgan fingerprint density at radius 1 is 1.48 bits per heavy atom. The molecule has 1 fully saturated rings. The number of aromatic nitrogens is 3. The Morgan fingerprint density at radius 3 is 2.83 bits per heavy atom. The summed E-state index contributed by atoms with van der Waals surface area (Å²) in [6.07, 6.45) is 6.09. The second-order valence-electron chi connectivity index (χ2n) is 5.45. The molecule has 0 saturated heterocycles. The fourth-order valence-corrected chi connectivity index (χ4v) is 2.49. The summed E-state index contributed by atoms with van der Waals surface area (Å²) in [6.45, 7) is -0.0714. The largest absolute Gasteiger partial charge is 0.347 e. The number of amides is 1. The molecule has 9 heteroatoms. The van der Waals surface area contributed by atoms with Crippen molar-refractivity contribution in [3.63, 3.8) is 0 Å². The van der Waals surface area contributed by atoms with Crippen LogP contribution in [0.4, 0.5) is 5.69 Å². The van der Waals surface area contributed by atoms with E-state index in [0.29, 0.717) is 11.1 Å². The molecule has 1 aliphatic carbocycles. The molecular formula is C14H14ClN5O3. The number of carbonyl (C=O) groups is 1. The fourth-order valence-electron chi connectivity index (χ4n) is 2.37. The van der Waals surface area contributed by atoms with Crippen LogP contribution in [0.1, 0.15) is 24.4 Å². The molecule has 0 spiro atoms. The van der Waals surface area contributed by atoms with E-state index in [9.17, 15) is 14.9 Å². The number of nitrogens with zero attached hydrogens (tertiary/aromatic N) is 4. The van der Waals surface area contributed by atoms with Gasteiger partial charge in [-0.05, 0) is 30.4 Å². The highest BCUT2D eigenvalue weighted by atomic mass is 35.5. The highest BCUT2D eigenvalue weighted by molar-refractivity contribution is 6.29. The molecule has 0 radical (unpaired) electrons. The molecule has 3 rings (SSSR count). The average Bonchev–Trinajstić information content (AvgIpc) is 3.25. The molecule has 8 nitrogen and oxygen atoms in total. The molecule has 0 aliphatic heterocycles. The van der Waals surface area contributed by atoms with Crippen LogP contribution >= 0.6 is 11.6 Å². The minimum Gasteiger partial charge on any atom is -0.347 e. The number of hydrogen-bond donors (Lipinski definition) is 1. The summed E-state index contributed by atoms with van der Waals surface area (Å²) in [5.41, 5.74) is 0.759. The van der Waals surface area contributed by atoms with Gasteiger partial charge in [-0.3, -0.25) is 19.6 Å². The van der Waals surface area contributed by atoms with Gasteiger partial charge in [0, 0.05) is 6.20 Å². The summed E-state index contributed by atoms with van der Waals surface area (Å²) in [5, 5.41) is 17.8. The summed E-state index contributed by atoms with van der Waals surface area (Å²) < 4.78 is 1.25. The van der Waals surface area contributed by atoms with E-state index < -0.39 is 4.92 Å². The smallest absolute Gasteiger partial charge is 0.307 e. The quantitative estimate of drug-likeness (QED) is 0.494. The summed E-state index contributed by atoms with van der Waals surface area (Å²) in [6, 6.07) is 3.41. The van der Waals surface area contributed by atoms with Crippen molar-refractivity contribution in [2.45, 2.75) is 25.4 Å². The van der Waals surface area contributed by atoms with Crippen LogP contribution in [0.3, 0.4) is 0 Å². The Morgan fingerprint density at radius 2 is 2.26 bits per heavy atom. The Labute approximate surface area is 136 Å². The van der Waals surface area contributed by atoms with Gasteiger partial charge in [-0.15, -0.1) is 0 Å². The van der Waals surface area contributed by atoms with Crippen LogP contribution in [0.15, 0.2) is 30.7 Å². The molecule has 2 heterocycles. The van der Waals surface area contributed by atoms with Crippen LogP contribution in [-0.2, 0) is 11.3 Å². The minimum absolute atomic E-state index is 0.0714. The molecule has 1 amide bonds. The van der Waals surface area contributed by atoms with Crippen molar-refractivity contribution in [3.05, 3.63) is 51.6 Å². The van der Waals surface area contributed by atoms with Crippen LogP contribution in [-0.4, -0.2) is 25.6 Å². The van der Waals surface area contributed by atoms with Crippen molar-refractivity contribution in [3.8, 4) is 0 Å². The molecule has 1 aliphatic rings. The van der Waals surface area contributed by atoms with Crippen molar-refractivity contribution in [2.24, 2.45) is 5.92 Å². The standard InChI is InChI=1S/C14H14ClN5O3/c15-12-4-3-10(5-16-12)14(9-1-2-9)18-13(21)8-19-7-11(6-17-19)20(22)23/h3-7,9,14H,1-2,8H2,(H,18,21)/t14-/m0/s1. The van der Waals surface area contributed by atoms with Crippen molar-refractivity contribution >= 4 is 23.2 Å². The van der Waals surface area contributed by atoms with Crippen LogP contribution in [0.2, 0.25) is 5.15 Å². The molecule has 2 aromatic heterocycles. The minimum atomic E-state index is -0.548. The summed E-state index contributed by atoms with van der Waals surface area (Å²) >= 11 is 5.79. The summed E-state index contributed by atoms with van der Waals surface area (Å²) in [4.78, 5) is 26.3. The highest BCUT2D eigenvalue weighted by Crippen LogP contribution is 2.40. The van der Waals surface area contributed by atoms with E-state index in [0.717, 1.165) is 24.6 Å². The normalized spacial score (nSPS) is 15.2. The van der Waals surface area contributed by atoms with Gasteiger partial charge >= 0.3 is 5.69 Å². The lowest BCUT2D eigenvalue weighted by Crippen LogP contribution is -2.32. The lowest BCUT2D eigenvalue weighted by molar-refractivity contribution is -0.385. The van der Waals surface area contributed by atoms with Gasteiger partial charge in [-0.25, -0.2) is 4.98 Å². The van der Waals surface area contributed by atoms with Gasteiger partial charge in [0.1, 0.15) is 24.1 Å². The van der Waals surface area contributed by atoms with E-state index in [1.54, 1.807) is 12.3 Å². The molecule has 1 atom stereocenters. The first-order valence-corrected chi connectivity index (χ1v) is 7.48. The zero-order valence-electron chi connectivity index (χ0n) is 12.1. The maximum Gasteiger partial charge on any atom is 0.307 e. The summed E-state index contributed by atoms with van der Waals surface area (Å²) in [7, 11) is 0. The number of nitro groups is 1. The van der Waals surface area contributed by atoms with Crippen molar-refractivity contribution in [1.29, 1.82) is 0 Å². The third-order valence-corrected chi connectivity index (χ3v) is 3.88. The van der Waals surface area contributed by atoms with Gasteiger partial charge in [0.15, 0.2) is 0 Å². The van der Waals surface area contributed by atoms with Gasteiger partial charge < -0.3 is 5.32 Å². The van der Waals surface area contributed by atoms with E-state index in [1.807, 2.05) is 6.07 Å². The number of pyridine rings is 1. The molecule has 23 heavy (non-hydrogen) atoms. The third-order valence-electron chi connectivity index (χ3n) is 3.66.